The van der Waals surface area contributed by atoms with E-state index in [0.717, 1.165) is 50.7 Å². The Morgan fingerprint density at radius 2 is 1.48 bits per heavy atom. The van der Waals surface area contributed by atoms with Crippen molar-refractivity contribution >= 4 is 5.96 Å². The number of likely N-dealkylation sites (tertiary alicyclic amines) is 1. The largest absolute Gasteiger partial charge is 0.497 e. The summed E-state index contributed by atoms with van der Waals surface area (Å²) < 4.78 is 5.19. The number of piperidine rings is 1. The van der Waals surface area contributed by atoms with Gasteiger partial charge in [0.25, 0.3) is 0 Å². The SMILES string of the molecule is CN=C(NCc1ccc(CN2CCC(O)CC2)cc1)NCc1ccc(OC)cc1. The average Bonchev–Trinajstić information content (AvgIpc) is 2.77. The van der Waals surface area contributed by atoms with Crippen LogP contribution < -0.4 is 15.4 Å². The number of hydrogen-bond acceptors (Lipinski definition) is 4. The van der Waals surface area contributed by atoms with Crippen molar-refractivity contribution < 1.29 is 9.84 Å². The van der Waals surface area contributed by atoms with Gasteiger partial charge < -0.3 is 20.5 Å². The summed E-state index contributed by atoms with van der Waals surface area (Å²) in [6.07, 6.45) is 1.64. The number of aliphatic imine (C=N–C) groups is 1. The quantitative estimate of drug-likeness (QED) is 0.496. The van der Waals surface area contributed by atoms with Crippen LogP contribution in [0.1, 0.15) is 29.5 Å². The van der Waals surface area contributed by atoms with Crippen LogP contribution in [-0.2, 0) is 19.6 Å². The summed E-state index contributed by atoms with van der Waals surface area (Å²) in [6, 6.07) is 16.7. The molecule has 1 fully saturated rings. The van der Waals surface area contributed by atoms with Gasteiger partial charge in [-0.05, 0) is 41.7 Å². The van der Waals surface area contributed by atoms with Crippen molar-refractivity contribution in [3.05, 3.63) is 65.2 Å². The first-order chi connectivity index (χ1) is 14.2. The molecule has 156 valence electrons. The first kappa shape index (κ1) is 21.1. The third-order valence-corrected chi connectivity index (χ3v) is 5.29. The fourth-order valence-electron chi connectivity index (χ4n) is 3.43. The van der Waals surface area contributed by atoms with Crippen LogP contribution in [0.15, 0.2) is 53.5 Å². The van der Waals surface area contributed by atoms with Gasteiger partial charge in [-0.3, -0.25) is 9.89 Å². The molecule has 0 aromatic heterocycles. The highest BCUT2D eigenvalue weighted by Gasteiger charge is 2.16. The van der Waals surface area contributed by atoms with E-state index in [0.29, 0.717) is 6.54 Å². The van der Waals surface area contributed by atoms with Gasteiger partial charge in [0, 0.05) is 39.8 Å². The Hall–Kier alpha value is -2.57. The lowest BCUT2D eigenvalue weighted by Gasteiger charge is -2.29. The maximum atomic E-state index is 9.62. The highest BCUT2D eigenvalue weighted by atomic mass is 16.5. The van der Waals surface area contributed by atoms with Gasteiger partial charge in [0.1, 0.15) is 5.75 Å². The summed E-state index contributed by atoms with van der Waals surface area (Å²) in [5.74, 6) is 1.63. The molecule has 3 N–H and O–H groups in total. The van der Waals surface area contributed by atoms with E-state index in [4.69, 9.17) is 4.74 Å². The molecule has 6 nitrogen and oxygen atoms in total. The van der Waals surface area contributed by atoms with E-state index in [-0.39, 0.29) is 6.10 Å². The minimum atomic E-state index is -0.118. The Kier molecular flexibility index (Phi) is 7.90. The van der Waals surface area contributed by atoms with Crippen molar-refractivity contribution in [2.45, 2.75) is 38.6 Å². The van der Waals surface area contributed by atoms with Crippen molar-refractivity contribution in [1.29, 1.82) is 0 Å². The highest BCUT2D eigenvalue weighted by Crippen LogP contribution is 2.14. The number of methoxy groups -OCH3 is 1. The Labute approximate surface area is 173 Å². The molecule has 0 atom stereocenters. The normalized spacial score (nSPS) is 15.9. The summed E-state index contributed by atoms with van der Waals surface area (Å²) in [7, 11) is 3.45. The maximum absolute atomic E-state index is 9.62. The number of aliphatic hydroxyl groups excluding tert-OH is 1. The van der Waals surface area contributed by atoms with Crippen LogP contribution in [0.25, 0.3) is 0 Å². The molecule has 0 spiro atoms. The minimum Gasteiger partial charge on any atom is -0.497 e. The number of guanidine groups is 1. The van der Waals surface area contributed by atoms with Gasteiger partial charge in [-0.2, -0.15) is 0 Å². The summed E-state index contributed by atoms with van der Waals surface area (Å²) in [6.45, 7) is 4.32. The number of benzene rings is 2. The van der Waals surface area contributed by atoms with E-state index in [9.17, 15) is 5.11 Å². The molecule has 0 aliphatic carbocycles. The minimum absolute atomic E-state index is 0.118. The molecule has 3 rings (SSSR count). The molecule has 1 heterocycles. The lowest BCUT2D eigenvalue weighted by atomic mass is 10.1. The molecule has 0 radical (unpaired) electrons. The Morgan fingerprint density at radius 1 is 0.966 bits per heavy atom. The van der Waals surface area contributed by atoms with Gasteiger partial charge in [0.05, 0.1) is 13.2 Å². The topological polar surface area (TPSA) is 69.1 Å². The molecular weight excluding hydrogens is 364 g/mol. The number of nitrogens with zero attached hydrogens (tertiary/aromatic N) is 2. The molecular formula is C23H32N4O2. The number of nitrogens with one attached hydrogen (secondary N) is 2. The van der Waals surface area contributed by atoms with Gasteiger partial charge >= 0.3 is 0 Å². The fraction of sp³-hybridized carbons (Fsp3) is 0.435. The van der Waals surface area contributed by atoms with Crippen LogP contribution in [0.5, 0.6) is 5.75 Å². The number of rotatable bonds is 7. The smallest absolute Gasteiger partial charge is 0.191 e. The summed E-state index contributed by atoms with van der Waals surface area (Å²) >= 11 is 0. The first-order valence-corrected chi connectivity index (χ1v) is 10.2. The van der Waals surface area contributed by atoms with Crippen molar-refractivity contribution in [2.24, 2.45) is 4.99 Å². The fourth-order valence-corrected chi connectivity index (χ4v) is 3.43. The predicted octanol–water partition coefficient (Wildman–Crippen LogP) is 2.52. The predicted molar refractivity (Wildman–Crippen MR) is 117 cm³/mol. The molecule has 0 saturated carbocycles. The van der Waals surface area contributed by atoms with Crippen LogP contribution in [0, 0.1) is 0 Å². The summed E-state index contributed by atoms with van der Waals surface area (Å²) in [4.78, 5) is 6.70. The number of aliphatic hydroxyl groups is 1. The van der Waals surface area contributed by atoms with Gasteiger partial charge in [0.2, 0.25) is 0 Å². The maximum Gasteiger partial charge on any atom is 0.191 e. The zero-order valence-corrected chi connectivity index (χ0v) is 17.4. The van der Waals surface area contributed by atoms with E-state index >= 15 is 0 Å². The summed E-state index contributed by atoms with van der Waals surface area (Å²) in [5.41, 5.74) is 3.70. The van der Waals surface area contributed by atoms with Crippen LogP contribution in [0.3, 0.4) is 0 Å². The lowest BCUT2D eigenvalue weighted by molar-refractivity contribution is 0.0792. The molecule has 1 aliphatic heterocycles. The van der Waals surface area contributed by atoms with Crippen LogP contribution in [0.2, 0.25) is 0 Å². The Balaban J connectivity index is 1.43. The van der Waals surface area contributed by atoms with Crippen LogP contribution in [-0.4, -0.2) is 49.3 Å². The molecule has 0 unspecified atom stereocenters. The van der Waals surface area contributed by atoms with Crippen LogP contribution in [0.4, 0.5) is 0 Å². The van der Waals surface area contributed by atoms with E-state index in [1.54, 1.807) is 14.2 Å². The van der Waals surface area contributed by atoms with E-state index < -0.39 is 0 Å². The standard InChI is InChI=1S/C23H32N4O2/c1-24-23(26-16-19-7-9-22(29-2)10-8-19)25-15-18-3-5-20(6-4-18)17-27-13-11-21(28)12-14-27/h3-10,21,28H,11-17H2,1-2H3,(H2,24,25,26). The van der Waals surface area contributed by atoms with Crippen molar-refractivity contribution in [3.63, 3.8) is 0 Å². The zero-order valence-electron chi connectivity index (χ0n) is 17.4. The van der Waals surface area contributed by atoms with E-state index in [1.165, 1.54) is 16.7 Å². The second kappa shape index (κ2) is 10.8. The molecule has 0 bridgehead atoms. The Bertz CT molecular complexity index is 766. The molecule has 2 aromatic rings. The molecule has 1 saturated heterocycles. The van der Waals surface area contributed by atoms with Gasteiger partial charge in [-0.25, -0.2) is 0 Å². The zero-order chi connectivity index (χ0) is 20.5. The molecule has 2 aromatic carbocycles. The van der Waals surface area contributed by atoms with E-state index in [2.05, 4.69) is 44.8 Å². The monoisotopic (exact) mass is 396 g/mol. The average molecular weight is 397 g/mol. The van der Waals surface area contributed by atoms with Crippen LogP contribution >= 0.6 is 0 Å². The van der Waals surface area contributed by atoms with Crippen molar-refractivity contribution in [2.75, 3.05) is 27.2 Å². The summed E-state index contributed by atoms with van der Waals surface area (Å²) in [5, 5.41) is 16.3. The molecule has 0 amide bonds. The first-order valence-electron chi connectivity index (χ1n) is 10.2. The molecule has 29 heavy (non-hydrogen) atoms. The van der Waals surface area contributed by atoms with E-state index in [1.807, 2.05) is 24.3 Å². The molecule has 1 aliphatic rings. The highest BCUT2D eigenvalue weighted by molar-refractivity contribution is 5.79. The Morgan fingerprint density at radius 3 is 2.00 bits per heavy atom. The second-order valence-corrected chi connectivity index (χ2v) is 7.45. The van der Waals surface area contributed by atoms with Gasteiger partial charge in [0.15, 0.2) is 5.96 Å². The molecule has 6 heteroatoms. The number of ether oxygens (including phenoxy) is 1. The van der Waals surface area contributed by atoms with Gasteiger partial charge in [-0.1, -0.05) is 36.4 Å². The van der Waals surface area contributed by atoms with Crippen molar-refractivity contribution in [1.82, 2.24) is 15.5 Å². The second-order valence-electron chi connectivity index (χ2n) is 7.45. The third-order valence-electron chi connectivity index (χ3n) is 5.29. The third kappa shape index (κ3) is 6.76. The van der Waals surface area contributed by atoms with Gasteiger partial charge in [-0.15, -0.1) is 0 Å². The lowest BCUT2D eigenvalue weighted by Crippen LogP contribution is -2.36. The van der Waals surface area contributed by atoms with Crippen molar-refractivity contribution in [3.8, 4) is 5.75 Å². The number of hydrogen-bond donors (Lipinski definition) is 3.